The molecule has 0 heterocycles. The van der Waals surface area contributed by atoms with E-state index in [1.807, 2.05) is 21.1 Å². The Morgan fingerprint density at radius 3 is 1.16 bits per heavy atom. The molecule has 0 bridgehead atoms. The largest absolute Gasteiger partial charge is 0.756 e. The molecule has 0 aromatic rings. The highest BCUT2D eigenvalue weighted by Gasteiger charge is 2.21. The highest BCUT2D eigenvalue weighted by Crippen LogP contribution is 2.38. The predicted octanol–water partition coefficient (Wildman–Crippen LogP) is 17.3. The number of quaternary nitrogens is 1. The number of hydrogen-bond donors (Lipinski definition) is 0. The third-order valence-corrected chi connectivity index (χ3v) is 12.7. The fourth-order valence-electron chi connectivity index (χ4n) is 7.33. The zero-order chi connectivity index (χ0) is 53.5. The van der Waals surface area contributed by atoms with Crippen LogP contribution in [-0.4, -0.2) is 70.0 Å². The number of hydrogen-bond acceptors (Lipinski definition) is 8. The average molecular weight is 1040 g/mol. The van der Waals surface area contributed by atoms with E-state index in [-0.39, 0.29) is 26.1 Å². The quantitative estimate of drug-likeness (QED) is 0.0195. The number of nitrogens with zero attached hydrogens (tertiary/aromatic N) is 1. The highest BCUT2D eigenvalue weighted by atomic mass is 31.2. The first-order valence-corrected chi connectivity index (χ1v) is 30.2. The van der Waals surface area contributed by atoms with Crippen molar-refractivity contribution in [2.75, 3.05) is 47.5 Å². The van der Waals surface area contributed by atoms with E-state index in [9.17, 15) is 19.0 Å². The zero-order valence-electron chi connectivity index (χ0n) is 47.0. The van der Waals surface area contributed by atoms with Crippen molar-refractivity contribution in [1.29, 1.82) is 0 Å². The minimum Gasteiger partial charge on any atom is -0.756 e. The Morgan fingerprint density at radius 1 is 0.438 bits per heavy atom. The molecule has 0 aliphatic carbocycles. The molecule has 9 nitrogen and oxygen atoms in total. The molecule has 0 aromatic heterocycles. The van der Waals surface area contributed by atoms with Gasteiger partial charge in [-0.05, 0) is 89.9 Å². The van der Waals surface area contributed by atoms with E-state index in [0.29, 0.717) is 17.4 Å². The first kappa shape index (κ1) is 69.4. The summed E-state index contributed by atoms with van der Waals surface area (Å²) >= 11 is 0. The molecule has 0 aliphatic rings. The van der Waals surface area contributed by atoms with Crippen LogP contribution < -0.4 is 4.89 Å². The summed E-state index contributed by atoms with van der Waals surface area (Å²) in [6.45, 7) is 4.08. The average Bonchev–Trinajstić information content (AvgIpc) is 3.35. The standard InChI is InChI=1S/C63H106NO8P/c1-6-8-10-12-14-16-18-19-20-21-22-23-24-25-26-27-28-29-30-31-32-33-34-35-36-37-38-39-40-41-42-43-44-45-46-48-50-52-54-56-63(66)72-61(60-71-73(67,68)70-58-57-64(3,4)5)59-69-62(65)55-53-51-49-47-17-15-13-11-9-7-2/h8,10,14,16,19-20,22-23,25-26,28-29,31-32,34-35,37-38,40-41,61H,6-7,9,11-13,15,17-18,21,24,27,30,33,36,39,42-60H2,1-5H3/b10-8-,16-14-,20-19-,23-22-,26-25-,29-28-,32-31-,35-34-,38-37-,41-40-. The highest BCUT2D eigenvalue weighted by molar-refractivity contribution is 7.45. The second kappa shape index (κ2) is 53.2. The molecular formula is C63H106NO8P. The molecule has 0 saturated carbocycles. The molecule has 0 amide bonds. The first-order valence-electron chi connectivity index (χ1n) is 28.7. The lowest BCUT2D eigenvalue weighted by Gasteiger charge is -2.28. The predicted molar refractivity (Wildman–Crippen MR) is 309 cm³/mol. The molecular weight excluding hydrogens is 930 g/mol. The molecule has 416 valence electrons. The molecule has 0 spiro atoms. The molecule has 0 N–H and O–H groups in total. The minimum atomic E-state index is -4.64. The van der Waals surface area contributed by atoms with E-state index in [1.165, 1.54) is 70.6 Å². The lowest BCUT2D eigenvalue weighted by atomic mass is 10.1. The summed E-state index contributed by atoms with van der Waals surface area (Å²) in [6.07, 6.45) is 75.5. The number of rotatable bonds is 51. The van der Waals surface area contributed by atoms with E-state index in [0.717, 1.165) is 109 Å². The fraction of sp³-hybridized carbons (Fsp3) is 0.651. The molecule has 0 rings (SSSR count). The lowest BCUT2D eigenvalue weighted by Crippen LogP contribution is -2.37. The van der Waals surface area contributed by atoms with E-state index < -0.39 is 32.5 Å². The molecule has 0 aromatic carbocycles. The van der Waals surface area contributed by atoms with E-state index in [2.05, 4.69) is 135 Å². The number of esters is 2. The summed E-state index contributed by atoms with van der Waals surface area (Å²) in [5.74, 6) is -0.851. The Balaban J connectivity index is 4.08. The SMILES string of the molecule is CC/C=C\C/C=C\C/C=C\C/C=C\C/C=C\C/C=C\C/C=C\C/C=C\C/C=C\C/C=C\CCCCCCCCCCC(=O)OC(COC(=O)CCCCCCCCCCCC)COP(=O)([O-])OCC[N+](C)(C)C. The Bertz CT molecular complexity index is 1650. The van der Waals surface area contributed by atoms with Gasteiger partial charge in [0.15, 0.2) is 6.10 Å². The van der Waals surface area contributed by atoms with Gasteiger partial charge in [0.1, 0.15) is 19.8 Å². The molecule has 0 fully saturated rings. The third-order valence-electron chi connectivity index (χ3n) is 11.7. The molecule has 0 radical (unpaired) electrons. The van der Waals surface area contributed by atoms with Gasteiger partial charge < -0.3 is 27.9 Å². The van der Waals surface area contributed by atoms with Crippen LogP contribution in [0.4, 0.5) is 0 Å². The van der Waals surface area contributed by atoms with Gasteiger partial charge >= 0.3 is 11.9 Å². The molecule has 10 heteroatoms. The maximum atomic E-state index is 12.7. The van der Waals surface area contributed by atoms with Crippen molar-refractivity contribution >= 4 is 19.8 Å². The van der Waals surface area contributed by atoms with Gasteiger partial charge in [0.05, 0.1) is 27.7 Å². The van der Waals surface area contributed by atoms with Gasteiger partial charge in [0.2, 0.25) is 0 Å². The summed E-state index contributed by atoms with van der Waals surface area (Å²) in [7, 11) is 1.15. The van der Waals surface area contributed by atoms with Gasteiger partial charge in [-0.1, -0.05) is 232 Å². The van der Waals surface area contributed by atoms with Crippen molar-refractivity contribution in [3.63, 3.8) is 0 Å². The van der Waals surface area contributed by atoms with Crippen molar-refractivity contribution in [2.24, 2.45) is 0 Å². The van der Waals surface area contributed by atoms with Gasteiger partial charge in [-0.2, -0.15) is 0 Å². The molecule has 2 atom stereocenters. The summed E-state index contributed by atoms with van der Waals surface area (Å²) in [6, 6.07) is 0. The van der Waals surface area contributed by atoms with E-state index in [1.54, 1.807) is 0 Å². The second-order valence-electron chi connectivity index (χ2n) is 19.9. The number of carbonyl (C=O) groups excluding carboxylic acids is 2. The smallest absolute Gasteiger partial charge is 0.306 e. The lowest BCUT2D eigenvalue weighted by molar-refractivity contribution is -0.870. The van der Waals surface area contributed by atoms with Gasteiger partial charge in [-0.3, -0.25) is 14.2 Å². The summed E-state index contributed by atoms with van der Waals surface area (Å²) in [4.78, 5) is 37.7. The van der Waals surface area contributed by atoms with Gasteiger partial charge in [-0.25, -0.2) is 0 Å². The Labute approximate surface area is 448 Å². The van der Waals surface area contributed by atoms with Crippen LogP contribution in [0.15, 0.2) is 122 Å². The summed E-state index contributed by atoms with van der Waals surface area (Å²) in [5, 5.41) is 0. The molecule has 0 saturated heterocycles. The van der Waals surface area contributed by atoms with Crippen LogP contribution in [0.2, 0.25) is 0 Å². The van der Waals surface area contributed by atoms with E-state index >= 15 is 0 Å². The van der Waals surface area contributed by atoms with Crippen LogP contribution in [0, 0.1) is 0 Å². The fourth-order valence-corrected chi connectivity index (χ4v) is 8.06. The van der Waals surface area contributed by atoms with Crippen molar-refractivity contribution in [2.45, 2.75) is 219 Å². The van der Waals surface area contributed by atoms with Crippen LogP contribution in [0.25, 0.3) is 0 Å². The number of allylic oxidation sites excluding steroid dienone is 20. The van der Waals surface area contributed by atoms with Crippen molar-refractivity contribution in [1.82, 2.24) is 0 Å². The molecule has 73 heavy (non-hydrogen) atoms. The third kappa shape index (κ3) is 57.5. The second-order valence-corrected chi connectivity index (χ2v) is 21.3. The maximum Gasteiger partial charge on any atom is 0.306 e. The zero-order valence-corrected chi connectivity index (χ0v) is 47.9. The molecule has 2 unspecified atom stereocenters. The van der Waals surface area contributed by atoms with Crippen LogP contribution in [0.3, 0.4) is 0 Å². The summed E-state index contributed by atoms with van der Waals surface area (Å²) in [5.41, 5.74) is 0. The first-order chi connectivity index (χ1) is 35.5. The summed E-state index contributed by atoms with van der Waals surface area (Å²) < 4.78 is 34.0. The Hall–Kier alpha value is -3.59. The number of carbonyl (C=O) groups is 2. The maximum absolute atomic E-state index is 12.7. The number of phosphoric acid groups is 1. The number of likely N-dealkylation sites (N-methyl/N-ethyl adjacent to an activating group) is 1. The van der Waals surface area contributed by atoms with Crippen molar-refractivity contribution in [3.05, 3.63) is 122 Å². The van der Waals surface area contributed by atoms with Crippen molar-refractivity contribution in [3.8, 4) is 0 Å². The van der Waals surface area contributed by atoms with Gasteiger partial charge in [0.25, 0.3) is 7.82 Å². The van der Waals surface area contributed by atoms with Crippen LogP contribution in [-0.2, 0) is 32.7 Å². The van der Waals surface area contributed by atoms with Gasteiger partial charge in [0, 0.05) is 12.8 Å². The van der Waals surface area contributed by atoms with Crippen LogP contribution >= 0.6 is 7.82 Å². The van der Waals surface area contributed by atoms with E-state index in [4.69, 9.17) is 18.5 Å². The van der Waals surface area contributed by atoms with Crippen LogP contribution in [0.5, 0.6) is 0 Å². The normalized spacial score (nSPS) is 14.2. The Morgan fingerprint density at radius 2 is 0.781 bits per heavy atom. The monoisotopic (exact) mass is 1040 g/mol. The van der Waals surface area contributed by atoms with Gasteiger partial charge in [-0.15, -0.1) is 0 Å². The Kier molecular flexibility index (Phi) is 50.6. The number of phosphoric ester groups is 1. The minimum absolute atomic E-state index is 0.0370. The number of unbranched alkanes of at least 4 members (excludes halogenated alkanes) is 17. The van der Waals surface area contributed by atoms with Crippen LogP contribution in [0.1, 0.15) is 213 Å². The number of ether oxygens (including phenoxy) is 2. The topological polar surface area (TPSA) is 111 Å². The van der Waals surface area contributed by atoms with Crippen molar-refractivity contribution < 1.29 is 42.1 Å². The molecule has 0 aliphatic heterocycles.